The molecular weight excluding hydrogens is 345 g/mol. The topological polar surface area (TPSA) is 76.4 Å². The molecule has 2 aromatic rings. The Hall–Kier alpha value is -2.85. The zero-order valence-corrected chi connectivity index (χ0v) is 14.5. The predicted molar refractivity (Wildman–Crippen MR) is 91.3 cm³/mol. The molecule has 0 saturated carbocycles. The molecule has 0 spiro atoms. The summed E-state index contributed by atoms with van der Waals surface area (Å²) in [5.41, 5.74) is 0.464. The van der Waals surface area contributed by atoms with E-state index < -0.39 is 20.6 Å². The molecule has 0 unspecified atom stereocenters. The normalized spacial score (nSPS) is 11.7. The number of hydrogen-bond donors (Lipinski definition) is 0. The van der Waals surface area contributed by atoms with Crippen molar-refractivity contribution < 1.29 is 22.3 Å². The summed E-state index contributed by atoms with van der Waals surface area (Å²) in [6.07, 6.45) is 1.24. The van der Waals surface area contributed by atoms with Crippen LogP contribution in [-0.2, 0) is 9.84 Å². The van der Waals surface area contributed by atoms with Gasteiger partial charge in [0, 0.05) is 0 Å². The first-order chi connectivity index (χ1) is 11.9. The van der Waals surface area contributed by atoms with Crippen LogP contribution in [-0.4, -0.2) is 22.1 Å². The van der Waals surface area contributed by atoms with E-state index in [1.165, 1.54) is 13.2 Å². The van der Waals surface area contributed by atoms with Gasteiger partial charge in [0.2, 0.25) is 9.84 Å². The number of sulfone groups is 1. The highest BCUT2D eigenvalue weighted by molar-refractivity contribution is 7.95. The molecule has 5 nitrogen and oxygen atoms in total. The molecule has 0 radical (unpaired) electrons. The highest BCUT2D eigenvalue weighted by Crippen LogP contribution is 2.30. The number of rotatable bonds is 6. The van der Waals surface area contributed by atoms with Gasteiger partial charge in [-0.3, -0.25) is 0 Å². The molecule has 7 heteroatoms. The van der Waals surface area contributed by atoms with Crippen LogP contribution in [0.3, 0.4) is 0 Å². The zero-order chi connectivity index (χ0) is 18.4. The van der Waals surface area contributed by atoms with Crippen LogP contribution >= 0.6 is 0 Å². The molecule has 0 saturated heterocycles. The van der Waals surface area contributed by atoms with Crippen molar-refractivity contribution in [2.24, 2.45) is 0 Å². The minimum atomic E-state index is -4.05. The van der Waals surface area contributed by atoms with E-state index in [0.29, 0.717) is 23.7 Å². The molecule has 2 rings (SSSR count). The van der Waals surface area contributed by atoms with Crippen LogP contribution in [0.15, 0.2) is 52.3 Å². The molecule has 0 aliphatic carbocycles. The lowest BCUT2D eigenvalue weighted by molar-refractivity contribution is 0.311. The number of halogens is 1. The van der Waals surface area contributed by atoms with E-state index >= 15 is 0 Å². The van der Waals surface area contributed by atoms with Crippen LogP contribution < -0.4 is 9.47 Å². The molecule has 0 aliphatic rings. The van der Waals surface area contributed by atoms with E-state index in [0.717, 1.165) is 24.3 Å². The number of ether oxygens (including phenoxy) is 2. The van der Waals surface area contributed by atoms with E-state index in [1.54, 1.807) is 24.3 Å². The molecule has 0 bridgehead atoms. The number of methoxy groups -OCH3 is 1. The number of benzene rings is 2. The van der Waals surface area contributed by atoms with Crippen molar-refractivity contribution in [1.29, 1.82) is 5.26 Å². The van der Waals surface area contributed by atoms with Gasteiger partial charge in [-0.25, -0.2) is 12.8 Å². The quantitative estimate of drug-likeness (QED) is 0.581. The fraction of sp³-hybridized carbons (Fsp3) is 0.167. The molecular formula is C18H16FNO4S. The van der Waals surface area contributed by atoms with Crippen molar-refractivity contribution >= 4 is 15.9 Å². The van der Waals surface area contributed by atoms with Crippen LogP contribution in [0.2, 0.25) is 0 Å². The monoisotopic (exact) mass is 361 g/mol. The Morgan fingerprint density at radius 2 is 1.88 bits per heavy atom. The largest absolute Gasteiger partial charge is 0.493 e. The standard InChI is InChI=1S/C18H16FNO4S/c1-3-24-18-11-13(4-9-17(18)23-2)10-16(12-20)25(21,22)15-7-5-14(19)6-8-15/h4-11H,3H2,1-2H3. The first-order valence-electron chi connectivity index (χ1n) is 7.35. The van der Waals surface area contributed by atoms with Crippen LogP contribution in [0, 0.1) is 17.1 Å². The average Bonchev–Trinajstić information content (AvgIpc) is 2.60. The lowest BCUT2D eigenvalue weighted by atomic mass is 10.2. The second-order valence-electron chi connectivity index (χ2n) is 4.92. The van der Waals surface area contributed by atoms with E-state index in [1.807, 2.05) is 6.92 Å². The molecule has 130 valence electrons. The predicted octanol–water partition coefficient (Wildman–Crippen LogP) is 3.57. The van der Waals surface area contributed by atoms with E-state index in [2.05, 4.69) is 0 Å². The fourth-order valence-electron chi connectivity index (χ4n) is 2.11. The molecule has 0 aromatic heterocycles. The van der Waals surface area contributed by atoms with Gasteiger partial charge in [-0.1, -0.05) is 6.07 Å². The second kappa shape index (κ2) is 7.81. The number of nitrogens with zero attached hydrogens (tertiary/aromatic N) is 1. The molecule has 0 atom stereocenters. The molecule has 0 fully saturated rings. The lowest BCUT2D eigenvalue weighted by Crippen LogP contribution is -2.03. The minimum Gasteiger partial charge on any atom is -0.493 e. The van der Waals surface area contributed by atoms with E-state index in [9.17, 15) is 18.1 Å². The minimum absolute atomic E-state index is 0.153. The molecule has 0 amide bonds. The van der Waals surface area contributed by atoms with Gasteiger partial charge < -0.3 is 9.47 Å². The molecule has 2 aromatic carbocycles. The van der Waals surface area contributed by atoms with E-state index in [4.69, 9.17) is 9.47 Å². The number of nitriles is 1. The summed E-state index contributed by atoms with van der Waals surface area (Å²) in [4.78, 5) is -0.605. The summed E-state index contributed by atoms with van der Waals surface area (Å²) in [6, 6.07) is 10.8. The maximum Gasteiger partial charge on any atom is 0.216 e. The Balaban J connectivity index is 2.48. The van der Waals surface area contributed by atoms with Crippen molar-refractivity contribution in [2.45, 2.75) is 11.8 Å². The Labute approximate surface area is 145 Å². The van der Waals surface area contributed by atoms with Gasteiger partial charge in [-0.15, -0.1) is 0 Å². The van der Waals surface area contributed by atoms with Crippen LogP contribution in [0.5, 0.6) is 11.5 Å². The SMILES string of the molecule is CCOc1cc(C=C(C#N)S(=O)(=O)c2ccc(F)cc2)ccc1OC. The third-order valence-electron chi connectivity index (χ3n) is 3.31. The second-order valence-corrected chi connectivity index (χ2v) is 6.84. The van der Waals surface area contributed by atoms with Gasteiger partial charge in [0.05, 0.1) is 18.6 Å². The smallest absolute Gasteiger partial charge is 0.216 e. The fourth-order valence-corrected chi connectivity index (χ4v) is 3.27. The third kappa shape index (κ3) is 4.17. The van der Waals surface area contributed by atoms with Crippen molar-refractivity contribution in [3.63, 3.8) is 0 Å². The maximum atomic E-state index is 13.0. The molecule has 0 aliphatic heterocycles. The first-order valence-corrected chi connectivity index (χ1v) is 8.84. The summed E-state index contributed by atoms with van der Waals surface area (Å²) in [5.74, 6) is 0.382. The van der Waals surface area contributed by atoms with Gasteiger partial charge >= 0.3 is 0 Å². The molecule has 0 heterocycles. The highest BCUT2D eigenvalue weighted by atomic mass is 32.2. The van der Waals surface area contributed by atoms with Crippen molar-refractivity contribution in [3.8, 4) is 17.6 Å². The average molecular weight is 361 g/mol. The van der Waals surface area contributed by atoms with Gasteiger partial charge in [-0.05, 0) is 55.0 Å². The zero-order valence-electron chi connectivity index (χ0n) is 13.7. The number of hydrogen-bond acceptors (Lipinski definition) is 5. The Morgan fingerprint density at radius 1 is 1.20 bits per heavy atom. The molecule has 25 heavy (non-hydrogen) atoms. The Morgan fingerprint density at radius 3 is 2.44 bits per heavy atom. The summed E-state index contributed by atoms with van der Waals surface area (Å²) < 4.78 is 48.7. The van der Waals surface area contributed by atoms with Gasteiger partial charge in [-0.2, -0.15) is 5.26 Å². The van der Waals surface area contributed by atoms with Crippen LogP contribution in [0.25, 0.3) is 6.08 Å². The highest BCUT2D eigenvalue weighted by Gasteiger charge is 2.21. The van der Waals surface area contributed by atoms with Crippen molar-refractivity contribution in [2.75, 3.05) is 13.7 Å². The van der Waals surface area contributed by atoms with E-state index in [-0.39, 0.29) is 4.90 Å². The third-order valence-corrected chi connectivity index (χ3v) is 4.99. The lowest BCUT2D eigenvalue weighted by Gasteiger charge is -2.10. The summed E-state index contributed by atoms with van der Waals surface area (Å²) in [5, 5.41) is 9.28. The summed E-state index contributed by atoms with van der Waals surface area (Å²) >= 11 is 0. The van der Waals surface area contributed by atoms with Crippen LogP contribution in [0.1, 0.15) is 12.5 Å². The Bertz CT molecular complexity index is 929. The van der Waals surface area contributed by atoms with Crippen LogP contribution in [0.4, 0.5) is 4.39 Å². The van der Waals surface area contributed by atoms with Gasteiger partial charge in [0.25, 0.3) is 0 Å². The number of allylic oxidation sites excluding steroid dienone is 1. The van der Waals surface area contributed by atoms with Gasteiger partial charge in [0.15, 0.2) is 11.5 Å². The molecule has 0 N–H and O–H groups in total. The first kappa shape index (κ1) is 18.5. The summed E-state index contributed by atoms with van der Waals surface area (Å²) in [7, 11) is -2.55. The van der Waals surface area contributed by atoms with Gasteiger partial charge in [0.1, 0.15) is 16.8 Å². The Kier molecular flexibility index (Phi) is 5.78. The van der Waals surface area contributed by atoms with Crippen molar-refractivity contribution in [1.82, 2.24) is 0 Å². The summed E-state index contributed by atoms with van der Waals surface area (Å²) in [6.45, 7) is 2.21. The maximum absolute atomic E-state index is 13.0. The van der Waals surface area contributed by atoms with Crippen molar-refractivity contribution in [3.05, 3.63) is 58.8 Å².